The molecule has 2 aliphatic rings. The second-order valence-electron chi connectivity index (χ2n) is 5.05. The molecule has 100 valence electrons. The number of fused-ring (bicyclic) bond motifs is 2. The van der Waals surface area contributed by atoms with Gasteiger partial charge in [0.15, 0.2) is 5.65 Å². The summed E-state index contributed by atoms with van der Waals surface area (Å²) >= 11 is 0. The number of nitrogens with two attached hydrogens (primary N) is 1. The molecule has 2 aromatic rings. The van der Waals surface area contributed by atoms with Gasteiger partial charge in [0.2, 0.25) is 0 Å². The van der Waals surface area contributed by atoms with Gasteiger partial charge in [0, 0.05) is 18.6 Å². The zero-order chi connectivity index (χ0) is 13.0. The Balaban J connectivity index is 1.61. The molecule has 8 nitrogen and oxygen atoms in total. The number of hydrogen-bond donors (Lipinski definition) is 3. The van der Waals surface area contributed by atoms with Gasteiger partial charge in [0.05, 0.1) is 12.1 Å². The highest BCUT2D eigenvalue weighted by molar-refractivity contribution is 5.44. The van der Waals surface area contributed by atoms with E-state index in [9.17, 15) is 4.79 Å². The van der Waals surface area contributed by atoms with E-state index in [1.165, 1.54) is 4.52 Å². The Morgan fingerprint density at radius 1 is 1.53 bits per heavy atom. The minimum atomic E-state index is -0.355. The Kier molecular flexibility index (Phi) is 2.18. The maximum absolute atomic E-state index is 11.5. The third-order valence-corrected chi connectivity index (χ3v) is 4.03. The van der Waals surface area contributed by atoms with Gasteiger partial charge in [-0.05, 0) is 18.6 Å². The van der Waals surface area contributed by atoms with Crippen molar-refractivity contribution in [3.63, 3.8) is 0 Å². The van der Waals surface area contributed by atoms with E-state index in [1.807, 2.05) is 0 Å². The molecule has 2 fully saturated rings. The lowest BCUT2D eigenvalue weighted by Gasteiger charge is -2.45. The molecule has 1 saturated carbocycles. The quantitative estimate of drug-likeness (QED) is 0.636. The summed E-state index contributed by atoms with van der Waals surface area (Å²) in [5.74, 6) is 1.04. The first kappa shape index (κ1) is 10.9. The molecule has 19 heavy (non-hydrogen) atoms. The van der Waals surface area contributed by atoms with Crippen LogP contribution in [0, 0.1) is 5.92 Å². The van der Waals surface area contributed by atoms with Crippen molar-refractivity contribution in [3.8, 4) is 0 Å². The minimum Gasteiger partial charge on any atom is -0.376 e. The van der Waals surface area contributed by atoms with Crippen LogP contribution in [0.15, 0.2) is 16.9 Å². The Hall–Kier alpha value is -1.93. The second kappa shape index (κ2) is 3.78. The summed E-state index contributed by atoms with van der Waals surface area (Å²) in [6, 6.07) is 3.64. The SMILES string of the molecule is NC1C2CCOC2C1Nc1ccc2n[nH]c(=O)n2n1. The van der Waals surface area contributed by atoms with E-state index in [0.29, 0.717) is 17.4 Å². The summed E-state index contributed by atoms with van der Waals surface area (Å²) < 4.78 is 6.87. The maximum atomic E-state index is 11.5. The van der Waals surface area contributed by atoms with Crippen molar-refractivity contribution < 1.29 is 4.74 Å². The fraction of sp³-hybridized carbons (Fsp3) is 0.545. The lowest BCUT2D eigenvalue weighted by molar-refractivity contribution is 0.00520. The van der Waals surface area contributed by atoms with Gasteiger partial charge in [-0.1, -0.05) is 0 Å². The molecule has 0 aromatic carbocycles. The summed E-state index contributed by atoms with van der Waals surface area (Å²) in [5.41, 5.74) is 6.26. The van der Waals surface area contributed by atoms with Crippen LogP contribution in [-0.2, 0) is 4.74 Å². The minimum absolute atomic E-state index is 0.0556. The van der Waals surface area contributed by atoms with Gasteiger partial charge in [0.25, 0.3) is 0 Å². The molecule has 4 atom stereocenters. The van der Waals surface area contributed by atoms with Gasteiger partial charge in [-0.3, -0.25) is 0 Å². The van der Waals surface area contributed by atoms with Crippen LogP contribution in [0.25, 0.3) is 5.65 Å². The Morgan fingerprint density at radius 2 is 2.42 bits per heavy atom. The highest BCUT2D eigenvalue weighted by atomic mass is 16.5. The van der Waals surface area contributed by atoms with Crippen LogP contribution in [0.1, 0.15) is 6.42 Å². The van der Waals surface area contributed by atoms with Crippen molar-refractivity contribution in [1.29, 1.82) is 0 Å². The number of nitrogens with zero attached hydrogens (tertiary/aromatic N) is 3. The number of H-pyrrole nitrogens is 1. The summed E-state index contributed by atoms with van der Waals surface area (Å²) in [5, 5.41) is 13.6. The summed E-state index contributed by atoms with van der Waals surface area (Å²) in [6.07, 6.45) is 1.19. The van der Waals surface area contributed by atoms with Crippen LogP contribution in [0.2, 0.25) is 0 Å². The zero-order valence-electron chi connectivity index (χ0n) is 10.1. The molecule has 8 heteroatoms. The van der Waals surface area contributed by atoms with Gasteiger partial charge in [0.1, 0.15) is 5.82 Å². The molecule has 1 saturated heterocycles. The van der Waals surface area contributed by atoms with Gasteiger partial charge < -0.3 is 15.8 Å². The van der Waals surface area contributed by atoms with Crippen molar-refractivity contribution in [2.24, 2.45) is 11.7 Å². The van der Waals surface area contributed by atoms with E-state index in [0.717, 1.165) is 13.0 Å². The smallest absolute Gasteiger partial charge is 0.364 e. The normalized spacial score (nSPS) is 33.1. The van der Waals surface area contributed by atoms with Gasteiger partial charge in [-0.15, -0.1) is 5.10 Å². The predicted octanol–water partition coefficient (Wildman–Crippen LogP) is -1.06. The van der Waals surface area contributed by atoms with Crippen LogP contribution in [0.3, 0.4) is 0 Å². The van der Waals surface area contributed by atoms with E-state index < -0.39 is 0 Å². The number of aromatic amines is 1. The van der Waals surface area contributed by atoms with Crippen LogP contribution in [0.4, 0.5) is 5.82 Å². The Bertz CT molecular complexity index is 679. The van der Waals surface area contributed by atoms with Crippen LogP contribution < -0.4 is 16.7 Å². The number of aromatic nitrogens is 4. The Morgan fingerprint density at radius 3 is 3.32 bits per heavy atom. The first-order valence-electron chi connectivity index (χ1n) is 6.32. The third kappa shape index (κ3) is 1.50. The maximum Gasteiger partial charge on any atom is 0.364 e. The van der Waals surface area contributed by atoms with Gasteiger partial charge >= 0.3 is 5.69 Å². The Labute approximate surface area is 107 Å². The van der Waals surface area contributed by atoms with Crippen LogP contribution in [0.5, 0.6) is 0 Å². The fourth-order valence-corrected chi connectivity index (χ4v) is 2.98. The molecule has 2 aromatic heterocycles. The van der Waals surface area contributed by atoms with Crippen molar-refractivity contribution in [2.45, 2.75) is 24.6 Å². The number of ether oxygens (including phenoxy) is 1. The number of hydrogen-bond acceptors (Lipinski definition) is 6. The van der Waals surface area contributed by atoms with Crippen LogP contribution in [-0.4, -0.2) is 44.6 Å². The lowest BCUT2D eigenvalue weighted by Crippen LogP contribution is -2.65. The average molecular weight is 262 g/mol. The molecule has 0 amide bonds. The lowest BCUT2D eigenvalue weighted by atomic mass is 9.72. The second-order valence-corrected chi connectivity index (χ2v) is 5.05. The monoisotopic (exact) mass is 262 g/mol. The molecule has 0 radical (unpaired) electrons. The molecule has 1 aliphatic carbocycles. The first-order valence-corrected chi connectivity index (χ1v) is 6.32. The molecule has 0 bridgehead atoms. The number of anilines is 1. The van der Waals surface area contributed by atoms with Crippen molar-refractivity contribution in [3.05, 3.63) is 22.6 Å². The largest absolute Gasteiger partial charge is 0.376 e. The highest BCUT2D eigenvalue weighted by Gasteiger charge is 2.52. The molecule has 4 rings (SSSR count). The number of rotatable bonds is 2. The van der Waals surface area contributed by atoms with Gasteiger partial charge in [-0.25, -0.2) is 9.89 Å². The van der Waals surface area contributed by atoms with Crippen molar-refractivity contribution >= 4 is 11.5 Å². The van der Waals surface area contributed by atoms with E-state index >= 15 is 0 Å². The molecular formula is C11H14N6O2. The van der Waals surface area contributed by atoms with Crippen molar-refractivity contribution in [2.75, 3.05) is 11.9 Å². The zero-order valence-corrected chi connectivity index (χ0v) is 10.1. The van der Waals surface area contributed by atoms with E-state index in [-0.39, 0.29) is 23.9 Å². The molecular weight excluding hydrogens is 248 g/mol. The number of nitrogens with one attached hydrogen (secondary N) is 2. The van der Waals surface area contributed by atoms with Crippen LogP contribution >= 0.6 is 0 Å². The van der Waals surface area contributed by atoms with Crippen molar-refractivity contribution in [1.82, 2.24) is 19.8 Å². The molecule has 1 aliphatic heterocycles. The first-order chi connectivity index (χ1) is 9.24. The van der Waals surface area contributed by atoms with E-state index in [2.05, 4.69) is 20.6 Å². The third-order valence-electron chi connectivity index (χ3n) is 4.03. The summed E-state index contributed by atoms with van der Waals surface area (Å²) in [4.78, 5) is 11.5. The van der Waals surface area contributed by atoms with E-state index in [4.69, 9.17) is 10.5 Å². The molecule has 0 spiro atoms. The fourth-order valence-electron chi connectivity index (χ4n) is 2.98. The van der Waals surface area contributed by atoms with E-state index in [1.54, 1.807) is 12.1 Å². The molecule has 4 unspecified atom stereocenters. The molecule has 4 N–H and O–H groups in total. The average Bonchev–Trinajstić information content (AvgIpc) is 3.01. The topological polar surface area (TPSA) is 110 Å². The highest BCUT2D eigenvalue weighted by Crippen LogP contribution is 2.39. The standard InChI is InChI=1S/C11H14N6O2/c12-8-5-3-4-19-10(5)9(8)13-6-1-2-7-14-15-11(18)17(7)16-6/h1-2,5,8-10H,3-4,12H2,(H,13,16)(H,15,18). The van der Waals surface area contributed by atoms with Gasteiger partial charge in [-0.2, -0.15) is 9.61 Å². The molecule has 3 heterocycles. The predicted molar refractivity (Wildman–Crippen MR) is 66.8 cm³/mol. The summed E-state index contributed by atoms with van der Waals surface area (Å²) in [6.45, 7) is 0.773. The summed E-state index contributed by atoms with van der Waals surface area (Å²) in [7, 11) is 0.